The molecular weight excluding hydrogens is 1820 g/mol. The van der Waals surface area contributed by atoms with Crippen LogP contribution in [0.4, 0.5) is 9.59 Å². The zero-order valence-electron chi connectivity index (χ0n) is 84.2. The van der Waals surface area contributed by atoms with E-state index in [0.29, 0.717) is 125 Å². The van der Waals surface area contributed by atoms with Crippen molar-refractivity contribution < 1.29 is 162 Å². The molecule has 0 spiro atoms. The van der Waals surface area contributed by atoms with Gasteiger partial charge in [0.25, 0.3) is 0 Å². The minimum atomic E-state index is -0.823. The molecule has 34 heteroatoms. The quantitative estimate of drug-likeness (QED) is 0.0195. The fourth-order valence-corrected chi connectivity index (χ4v) is 14.9. The summed E-state index contributed by atoms with van der Waals surface area (Å²) in [5.41, 5.74) is -0.0239. The minimum absolute atomic E-state index is 0.0115. The first kappa shape index (κ1) is 113. The number of benzene rings is 8. The van der Waals surface area contributed by atoms with Crippen LogP contribution >= 0.6 is 0 Å². The number of esters is 8. The highest BCUT2D eigenvalue weighted by atomic mass is 16.7. The van der Waals surface area contributed by atoms with Crippen LogP contribution in [0.1, 0.15) is 244 Å². The van der Waals surface area contributed by atoms with E-state index in [-0.39, 0.29) is 83.2 Å². The van der Waals surface area contributed by atoms with E-state index in [1.54, 1.807) is 98.8 Å². The molecule has 0 aliphatic heterocycles. The molecule has 10 rings (SSSR count). The molecule has 8 aromatic carbocycles. The number of rotatable bonds is 40. The van der Waals surface area contributed by atoms with Crippen molar-refractivity contribution in [2.75, 3.05) is 90.9 Å². The van der Waals surface area contributed by atoms with Gasteiger partial charge in [0.1, 0.15) is 116 Å². The number of methoxy groups -OCH3 is 10. The van der Waals surface area contributed by atoms with Crippen LogP contribution in [0.2, 0.25) is 0 Å². The molecule has 2 saturated carbocycles. The van der Waals surface area contributed by atoms with Crippen molar-refractivity contribution in [2.24, 2.45) is 11.3 Å². The van der Waals surface area contributed by atoms with E-state index in [1.807, 2.05) is 95.2 Å². The molecule has 2 aliphatic carbocycles. The van der Waals surface area contributed by atoms with Crippen LogP contribution in [0.25, 0.3) is 0 Å². The first-order chi connectivity index (χ1) is 66.7. The maximum atomic E-state index is 13.1. The van der Waals surface area contributed by atoms with Crippen molar-refractivity contribution in [3.63, 3.8) is 0 Å². The third-order valence-electron chi connectivity index (χ3n) is 21.7. The van der Waals surface area contributed by atoms with Gasteiger partial charge in [-0.3, -0.25) is 0 Å². The van der Waals surface area contributed by atoms with E-state index in [1.165, 1.54) is 132 Å². The largest absolute Gasteiger partial charge is 0.513 e. The summed E-state index contributed by atoms with van der Waals surface area (Å²) in [5, 5.41) is 0. The molecule has 0 aromatic heterocycles. The molecule has 0 amide bonds. The lowest BCUT2D eigenvalue weighted by molar-refractivity contribution is -0.0527. The minimum Gasteiger partial charge on any atom is -0.496 e. The Morgan fingerprint density at radius 2 is 0.679 bits per heavy atom. The fraction of sp³-hybridized carbons (Fsp3) is 0.453. The Morgan fingerprint density at radius 1 is 0.329 bits per heavy atom. The molecule has 34 nitrogen and oxygen atoms in total. The Hall–Kier alpha value is -14.3. The summed E-state index contributed by atoms with van der Waals surface area (Å²) in [6, 6.07) is 42.1. The molecule has 0 heterocycles. The Balaban J connectivity index is 0.000000254. The maximum absolute atomic E-state index is 13.1. The molecule has 0 saturated heterocycles. The molecule has 5 atom stereocenters. The van der Waals surface area contributed by atoms with Crippen LogP contribution in [0, 0.1) is 11.3 Å². The van der Waals surface area contributed by atoms with Crippen molar-refractivity contribution >= 4 is 60.1 Å². The van der Waals surface area contributed by atoms with Gasteiger partial charge in [0.15, 0.2) is 46.0 Å². The maximum Gasteiger partial charge on any atom is 0.513 e. The lowest BCUT2D eigenvalue weighted by Crippen LogP contribution is -2.41. The lowest BCUT2D eigenvalue weighted by Gasteiger charge is -2.36. The van der Waals surface area contributed by atoms with E-state index in [4.69, 9.17) is 114 Å². The number of carbonyl (C=O) groups excluding carboxylic acids is 10. The Kier molecular flexibility index (Phi) is 44.0. The first-order valence-corrected chi connectivity index (χ1v) is 45.8. The molecule has 2 aliphatic rings. The summed E-state index contributed by atoms with van der Waals surface area (Å²) >= 11 is 0. The monoisotopic (exact) mass is 1950 g/mol. The van der Waals surface area contributed by atoms with Gasteiger partial charge in [0.05, 0.1) is 108 Å². The molecular formula is C106H132O34. The normalized spacial score (nSPS) is 14.5. The third kappa shape index (κ3) is 33.5. The zero-order chi connectivity index (χ0) is 103. The van der Waals surface area contributed by atoms with E-state index in [0.717, 1.165) is 19.3 Å². The highest BCUT2D eigenvalue weighted by Gasteiger charge is 2.40. The highest BCUT2D eigenvalue weighted by Crippen LogP contribution is 2.42. The molecule has 5 unspecified atom stereocenters. The standard InChI is InChI=1S/C28H38O6.C26H32O10.C26H28O10.C26H34O8/c1-19(2)31-23-15-11-9-13-21(23)25(29)33-27(5,6)17-18-28(7,8)34-26(30)22-14-10-12-16-24(22)32-20(3)4;1-29-19-13-23(33-5)21(31-3)11-15(19)25(27)35-17-9-7-8-10-18(17)36-26(28)16-12-22(32-4)24(34-6)14-20(16)30-2;1-3-31-25(29)35-19-12-8-17(9-13-19)23(27)33-21-6-5-7-22(16-21)34-24(28)18-10-14-20(15-11-18)36-26(30)32-4-2;1-16(2)23(34-25(28)18-12-10-14-20(30-6)22(18)32-8)26(3,4)15-33-24(27)17-11-9-13-19(29-5)21(17)31-7/h9-16,19-20H,17-18H2,1-8H3;11-14,17-18H,7-10H2,1-6H3;8-15,21-22H,3-7,16H2,1-2H3;9-14,16,23H,15H2,1-8H3. The summed E-state index contributed by atoms with van der Waals surface area (Å²) < 4.78 is 130. The Bertz CT molecular complexity index is 5170. The number of carbonyl (C=O) groups is 10. The van der Waals surface area contributed by atoms with Crippen LogP contribution in [-0.2, 0) is 47.4 Å². The second-order valence-corrected chi connectivity index (χ2v) is 34.7. The number of para-hydroxylation sites is 4. The molecule has 0 radical (unpaired) electrons. The van der Waals surface area contributed by atoms with Gasteiger partial charge >= 0.3 is 60.1 Å². The van der Waals surface area contributed by atoms with Crippen molar-refractivity contribution in [2.45, 2.75) is 215 Å². The van der Waals surface area contributed by atoms with Gasteiger partial charge in [-0.15, -0.1) is 0 Å². The van der Waals surface area contributed by atoms with Crippen LogP contribution in [0.15, 0.2) is 158 Å². The van der Waals surface area contributed by atoms with Gasteiger partial charge in [-0.25, -0.2) is 47.9 Å². The zero-order valence-corrected chi connectivity index (χ0v) is 84.2. The molecule has 140 heavy (non-hydrogen) atoms. The summed E-state index contributed by atoms with van der Waals surface area (Å²) in [6.45, 7) is 26.4. The summed E-state index contributed by atoms with van der Waals surface area (Å²) in [5.74, 6) is 0.681. The van der Waals surface area contributed by atoms with Crippen LogP contribution in [0.5, 0.6) is 80.5 Å². The van der Waals surface area contributed by atoms with Crippen molar-refractivity contribution in [1.29, 1.82) is 0 Å². The van der Waals surface area contributed by atoms with Gasteiger partial charge in [0, 0.05) is 36.1 Å². The van der Waals surface area contributed by atoms with E-state index >= 15 is 0 Å². The molecule has 8 aromatic rings. The fourth-order valence-electron chi connectivity index (χ4n) is 14.9. The van der Waals surface area contributed by atoms with Gasteiger partial charge in [-0.05, 0) is 230 Å². The molecule has 760 valence electrons. The van der Waals surface area contributed by atoms with Crippen LogP contribution < -0.4 is 66.3 Å². The SMILES string of the molecule is CC(C)Oc1ccccc1C(=O)OC(C)(C)CCC(C)(C)OC(=O)c1ccccc1OC(C)C.CCOC(=O)Oc1ccc(C(=O)OC2CCCC(OC(=O)c3ccc(OC(=O)OCC)cc3)C2)cc1.COc1cc(OC)c(C(=O)OC2CCCCC2OC(=O)c2cc(OC)c(OC)cc2OC)cc1OC.COc1cccc(C(=O)OCC(C)(C)C(OC(=O)c2cccc(OC)c2OC)C(C)C)c1OC. The predicted octanol–water partition coefficient (Wildman–Crippen LogP) is 20.5. The van der Waals surface area contributed by atoms with Crippen molar-refractivity contribution in [3.05, 3.63) is 202 Å². The molecule has 0 bridgehead atoms. The van der Waals surface area contributed by atoms with Crippen molar-refractivity contribution in [1.82, 2.24) is 0 Å². The average Bonchev–Trinajstić information content (AvgIpc) is 0.805. The lowest BCUT2D eigenvalue weighted by atomic mass is 9.81. The summed E-state index contributed by atoms with van der Waals surface area (Å²) in [4.78, 5) is 126. The highest BCUT2D eigenvalue weighted by molar-refractivity contribution is 5.97. The Labute approximate surface area is 817 Å². The van der Waals surface area contributed by atoms with E-state index in [2.05, 4.69) is 0 Å². The number of hydrogen-bond donors (Lipinski definition) is 0. The second kappa shape index (κ2) is 54.7. The van der Waals surface area contributed by atoms with E-state index in [9.17, 15) is 47.9 Å². The van der Waals surface area contributed by atoms with Gasteiger partial charge in [-0.1, -0.05) is 64.1 Å². The molecule has 0 N–H and O–H groups in total. The number of ether oxygens (including phenoxy) is 24. The van der Waals surface area contributed by atoms with E-state index < -0.39 is 107 Å². The molecule has 2 fully saturated rings. The van der Waals surface area contributed by atoms with Gasteiger partial charge < -0.3 is 114 Å². The summed E-state index contributed by atoms with van der Waals surface area (Å²) in [7, 11) is 14.7. The van der Waals surface area contributed by atoms with Gasteiger partial charge in [-0.2, -0.15) is 0 Å². The topological polar surface area (TPSA) is 392 Å². The smallest absolute Gasteiger partial charge is 0.496 e. The Morgan fingerprint density at radius 3 is 1.03 bits per heavy atom. The summed E-state index contributed by atoms with van der Waals surface area (Å²) in [6.07, 6.45) is 1.75. The average molecular weight is 1950 g/mol. The van der Waals surface area contributed by atoms with Crippen LogP contribution in [-0.4, -0.2) is 205 Å². The first-order valence-electron chi connectivity index (χ1n) is 45.8. The second-order valence-electron chi connectivity index (χ2n) is 34.7. The number of hydrogen-bond acceptors (Lipinski definition) is 34. The van der Waals surface area contributed by atoms with Crippen molar-refractivity contribution in [3.8, 4) is 80.5 Å². The third-order valence-corrected chi connectivity index (χ3v) is 21.7. The predicted molar refractivity (Wildman–Crippen MR) is 514 cm³/mol. The van der Waals surface area contributed by atoms with Crippen LogP contribution in [0.3, 0.4) is 0 Å². The van der Waals surface area contributed by atoms with Gasteiger partial charge in [0.2, 0.25) is 0 Å².